The molecule has 0 spiro atoms. The number of nitrogens with zero attached hydrogens (tertiary/aromatic N) is 2. The molecule has 0 saturated heterocycles. The third kappa shape index (κ3) is 4.63. The van der Waals surface area contributed by atoms with E-state index in [9.17, 15) is 19.8 Å². The molecule has 0 radical (unpaired) electrons. The molecule has 6 heteroatoms. The van der Waals surface area contributed by atoms with Gasteiger partial charge >= 0.3 is 0 Å². The van der Waals surface area contributed by atoms with Crippen LogP contribution in [0.5, 0.6) is 11.5 Å². The number of hydrogen-bond donors (Lipinski definition) is 2. The molecule has 0 aromatic heterocycles. The van der Waals surface area contributed by atoms with Crippen molar-refractivity contribution in [2.24, 2.45) is 0 Å². The van der Waals surface area contributed by atoms with E-state index < -0.39 is 10.8 Å². The number of carbonyl (C=O) groups excluding carboxylic acids is 2. The van der Waals surface area contributed by atoms with E-state index in [1.54, 1.807) is 48.5 Å². The summed E-state index contributed by atoms with van der Waals surface area (Å²) in [6.45, 7) is 0.960. The first-order valence-electron chi connectivity index (χ1n) is 17.0. The topological polar surface area (TPSA) is 81.1 Å². The van der Waals surface area contributed by atoms with E-state index in [1.807, 2.05) is 113 Å². The van der Waals surface area contributed by atoms with Crippen LogP contribution in [0.25, 0.3) is 0 Å². The summed E-state index contributed by atoms with van der Waals surface area (Å²) in [7, 11) is 0. The molecule has 6 nitrogen and oxygen atoms in total. The molecule has 0 saturated carbocycles. The van der Waals surface area contributed by atoms with Crippen LogP contribution < -0.4 is 9.80 Å². The van der Waals surface area contributed by atoms with Crippen LogP contribution in [-0.4, -0.2) is 35.1 Å². The molecule has 6 aromatic carbocycles. The summed E-state index contributed by atoms with van der Waals surface area (Å²) in [6, 6.07) is 49.6. The Bertz CT molecular complexity index is 2100. The minimum absolute atomic E-state index is 0.0253. The number of benzene rings is 6. The van der Waals surface area contributed by atoms with Crippen molar-refractivity contribution in [3.05, 3.63) is 191 Å². The van der Waals surface area contributed by atoms with Gasteiger partial charge in [-0.1, -0.05) is 121 Å². The molecule has 0 bridgehead atoms. The van der Waals surface area contributed by atoms with Gasteiger partial charge in [0.25, 0.3) is 0 Å². The average molecular weight is 657 g/mol. The second-order valence-electron chi connectivity index (χ2n) is 13.0. The Labute approximate surface area is 291 Å². The molecule has 50 heavy (non-hydrogen) atoms. The average Bonchev–Trinajstić information content (AvgIpc) is 3.56. The van der Waals surface area contributed by atoms with E-state index in [0.29, 0.717) is 25.9 Å². The van der Waals surface area contributed by atoms with Crippen LogP contribution in [0, 0.1) is 0 Å². The minimum atomic E-state index is -1.16. The van der Waals surface area contributed by atoms with Gasteiger partial charge in [-0.15, -0.1) is 0 Å². The lowest BCUT2D eigenvalue weighted by Crippen LogP contribution is -2.43. The molecule has 8 rings (SSSR count). The molecule has 2 aliphatic heterocycles. The van der Waals surface area contributed by atoms with Crippen LogP contribution in [0.4, 0.5) is 11.4 Å². The lowest BCUT2D eigenvalue weighted by Gasteiger charge is -2.31. The maximum absolute atomic E-state index is 14.9. The zero-order valence-electron chi connectivity index (χ0n) is 27.4. The molecule has 0 aliphatic carbocycles. The fourth-order valence-corrected chi connectivity index (χ4v) is 8.14. The highest BCUT2D eigenvalue weighted by Gasteiger charge is 2.54. The first-order chi connectivity index (χ1) is 24.5. The number of rotatable bonds is 9. The summed E-state index contributed by atoms with van der Waals surface area (Å²) < 4.78 is 0. The molecular weight excluding hydrogens is 620 g/mol. The third-order valence-electron chi connectivity index (χ3n) is 10.4. The smallest absolute Gasteiger partial charge is 0.246 e. The normalized spacial score (nSPS) is 15.6. The van der Waals surface area contributed by atoms with Crippen molar-refractivity contribution in [3.8, 4) is 11.5 Å². The molecule has 0 unspecified atom stereocenters. The number of para-hydroxylation sites is 2. The van der Waals surface area contributed by atoms with E-state index in [1.165, 1.54) is 0 Å². The Hall–Kier alpha value is -6.14. The van der Waals surface area contributed by atoms with Crippen molar-refractivity contribution >= 4 is 23.2 Å². The number of phenols is 2. The highest BCUT2D eigenvalue weighted by molar-refractivity contribution is 6.14. The summed E-state index contributed by atoms with van der Waals surface area (Å²) in [5.41, 5.74) is 4.77. The Balaban J connectivity index is 1.10. The molecular formula is C44H36N2O4. The fraction of sp³-hybridized carbons (Fsp3) is 0.136. The third-order valence-corrected chi connectivity index (χ3v) is 10.4. The predicted molar refractivity (Wildman–Crippen MR) is 196 cm³/mol. The molecule has 2 N–H and O–H groups in total. The maximum Gasteiger partial charge on any atom is 0.246 e. The van der Waals surface area contributed by atoms with Crippen LogP contribution in [0.15, 0.2) is 158 Å². The summed E-state index contributed by atoms with van der Waals surface area (Å²) >= 11 is 0. The highest BCUT2D eigenvalue weighted by atomic mass is 16.3. The van der Waals surface area contributed by atoms with E-state index in [2.05, 4.69) is 6.07 Å². The van der Waals surface area contributed by atoms with E-state index in [0.717, 1.165) is 44.8 Å². The molecule has 2 aliphatic rings. The quantitative estimate of drug-likeness (QED) is 0.155. The number of amides is 2. The van der Waals surface area contributed by atoms with Gasteiger partial charge in [0.2, 0.25) is 11.8 Å². The predicted octanol–water partition coefficient (Wildman–Crippen LogP) is 7.94. The number of anilines is 2. The molecule has 6 aromatic rings. The second kappa shape index (κ2) is 12.4. The Morgan fingerprint density at radius 3 is 1.10 bits per heavy atom. The summed E-state index contributed by atoms with van der Waals surface area (Å²) in [5.74, 6) is 0.167. The molecule has 246 valence electrons. The Morgan fingerprint density at radius 1 is 0.400 bits per heavy atom. The number of unbranched alkanes of at least 4 members (excludes halogenated alkanes) is 1. The number of aromatic hydroxyl groups is 2. The van der Waals surface area contributed by atoms with Crippen LogP contribution in [0.3, 0.4) is 0 Å². The SMILES string of the molecule is O=C1N(CCCCN2C(=O)C(c3ccc(O)cc3)(c3ccc(O)cc3)c3ccccc32)c2ccccc2C1(c1ccccc1)c1ccccc1. The van der Waals surface area contributed by atoms with Crippen LogP contribution >= 0.6 is 0 Å². The zero-order valence-corrected chi connectivity index (χ0v) is 27.4. The van der Waals surface area contributed by atoms with Crippen LogP contribution in [-0.2, 0) is 20.4 Å². The minimum Gasteiger partial charge on any atom is -0.508 e. The van der Waals surface area contributed by atoms with Crippen molar-refractivity contribution in [1.82, 2.24) is 0 Å². The van der Waals surface area contributed by atoms with Gasteiger partial charge in [0.15, 0.2) is 0 Å². The second-order valence-corrected chi connectivity index (χ2v) is 13.0. The first kappa shape index (κ1) is 31.1. The number of carbonyl (C=O) groups is 2. The summed E-state index contributed by atoms with van der Waals surface area (Å²) in [5, 5.41) is 20.2. The largest absolute Gasteiger partial charge is 0.508 e. The van der Waals surface area contributed by atoms with E-state index >= 15 is 0 Å². The van der Waals surface area contributed by atoms with Crippen molar-refractivity contribution in [2.45, 2.75) is 23.7 Å². The number of hydrogen-bond acceptors (Lipinski definition) is 4. The molecule has 2 amide bonds. The summed E-state index contributed by atoms with van der Waals surface area (Å²) in [6.07, 6.45) is 1.34. The van der Waals surface area contributed by atoms with Crippen molar-refractivity contribution in [1.29, 1.82) is 0 Å². The Kier molecular flexibility index (Phi) is 7.72. The molecule has 2 heterocycles. The lowest BCUT2D eigenvalue weighted by molar-refractivity contribution is -0.121. The lowest BCUT2D eigenvalue weighted by atomic mass is 9.70. The van der Waals surface area contributed by atoms with E-state index in [4.69, 9.17) is 0 Å². The monoisotopic (exact) mass is 656 g/mol. The van der Waals surface area contributed by atoms with Crippen LogP contribution in [0.1, 0.15) is 46.2 Å². The van der Waals surface area contributed by atoms with Crippen molar-refractivity contribution in [3.63, 3.8) is 0 Å². The molecule has 0 fully saturated rings. The van der Waals surface area contributed by atoms with Crippen molar-refractivity contribution in [2.75, 3.05) is 22.9 Å². The van der Waals surface area contributed by atoms with E-state index in [-0.39, 0.29) is 23.3 Å². The van der Waals surface area contributed by atoms with Gasteiger partial charge in [0.05, 0.1) is 0 Å². The Morgan fingerprint density at radius 2 is 0.720 bits per heavy atom. The van der Waals surface area contributed by atoms with Gasteiger partial charge in [-0.3, -0.25) is 9.59 Å². The van der Waals surface area contributed by atoms with Crippen molar-refractivity contribution < 1.29 is 19.8 Å². The zero-order chi connectivity index (χ0) is 34.3. The fourth-order valence-electron chi connectivity index (χ4n) is 8.14. The number of fused-ring (bicyclic) bond motifs is 2. The van der Waals surface area contributed by atoms with Gasteiger partial charge in [-0.2, -0.15) is 0 Å². The van der Waals surface area contributed by atoms with Crippen LogP contribution in [0.2, 0.25) is 0 Å². The number of phenolic OH excluding ortho intramolecular Hbond substituents is 2. The molecule has 0 atom stereocenters. The highest BCUT2D eigenvalue weighted by Crippen LogP contribution is 2.52. The first-order valence-corrected chi connectivity index (χ1v) is 17.0. The summed E-state index contributed by atoms with van der Waals surface area (Å²) in [4.78, 5) is 33.5. The van der Waals surface area contributed by atoms with Gasteiger partial charge in [-0.05, 0) is 71.5 Å². The standard InChI is InChI=1S/C44H36N2O4/c47-35-25-21-33(22-26-35)44(34-23-27-36(48)28-24-34)38-18-8-10-20-40(38)46(42(44)50)30-12-11-29-45-39-19-9-7-17-37(39)43(41(45)49,31-13-3-1-4-14-31)32-15-5-2-6-16-32/h1-10,13-28,47-48H,11-12,29-30H2. The van der Waals surface area contributed by atoms with Gasteiger partial charge in [-0.25, -0.2) is 0 Å². The van der Waals surface area contributed by atoms with Gasteiger partial charge in [0.1, 0.15) is 22.3 Å². The van der Waals surface area contributed by atoms with Gasteiger partial charge in [0, 0.05) is 35.6 Å². The van der Waals surface area contributed by atoms with Gasteiger partial charge < -0.3 is 20.0 Å². The maximum atomic E-state index is 14.9.